The number of rotatable bonds is 5. The van der Waals surface area contributed by atoms with Crippen LogP contribution in [0.4, 0.5) is 10.5 Å². The zero-order chi connectivity index (χ0) is 16.4. The van der Waals surface area contributed by atoms with Gasteiger partial charge in [-0.25, -0.2) is 14.3 Å². The third-order valence-electron chi connectivity index (χ3n) is 3.48. The molecule has 120 valence electrons. The van der Waals surface area contributed by atoms with Crippen molar-refractivity contribution in [3.63, 3.8) is 0 Å². The Hall–Kier alpha value is -2.61. The average Bonchev–Trinajstić information content (AvgIpc) is 2.99. The molecule has 3 rings (SSSR count). The molecule has 2 heterocycles. The third-order valence-corrected chi connectivity index (χ3v) is 4.30. The summed E-state index contributed by atoms with van der Waals surface area (Å²) in [5.41, 5.74) is 9.09. The van der Waals surface area contributed by atoms with Gasteiger partial charge in [-0.3, -0.25) is 0 Å². The number of nitrogens with two attached hydrogens (primary N) is 1. The summed E-state index contributed by atoms with van der Waals surface area (Å²) in [4.78, 5) is 16.1. The highest BCUT2D eigenvalue weighted by Gasteiger charge is 2.12. The highest BCUT2D eigenvalue weighted by molar-refractivity contribution is 7.16. The van der Waals surface area contributed by atoms with Crippen LogP contribution in [-0.2, 0) is 13.1 Å². The van der Waals surface area contributed by atoms with E-state index in [-0.39, 0.29) is 0 Å². The van der Waals surface area contributed by atoms with E-state index in [4.69, 9.17) is 5.73 Å². The molecular weight excluding hydrogens is 312 g/mol. The number of benzene rings is 1. The highest BCUT2D eigenvalue weighted by Crippen LogP contribution is 2.19. The van der Waals surface area contributed by atoms with Crippen molar-refractivity contribution in [1.29, 1.82) is 0 Å². The summed E-state index contributed by atoms with van der Waals surface area (Å²) in [5.74, 6) is 0. The lowest BCUT2D eigenvalue weighted by Gasteiger charge is -2.08. The van der Waals surface area contributed by atoms with Crippen LogP contribution in [0.5, 0.6) is 0 Å². The molecule has 1 aromatic carbocycles. The smallest absolute Gasteiger partial charge is 0.312 e. The van der Waals surface area contributed by atoms with Gasteiger partial charge < -0.3 is 16.4 Å². The molecule has 7 nitrogen and oxygen atoms in total. The molecule has 2 aromatic heterocycles. The summed E-state index contributed by atoms with van der Waals surface area (Å²) in [5, 5.41) is 11.4. The van der Waals surface area contributed by atoms with Crippen molar-refractivity contribution < 1.29 is 4.79 Å². The zero-order valence-electron chi connectivity index (χ0n) is 13.0. The molecule has 0 saturated carbocycles. The van der Waals surface area contributed by atoms with Gasteiger partial charge in [0, 0.05) is 12.2 Å². The standard InChI is InChI=1S/C15H18N6OS/c1-9-13(21-15(19-9)23-10(2)20-21)8-17-12-5-3-11(4-6-12)7-18-14(16)22/h3-6,17H,7-8H2,1-2H3,(H3,16,18,22). The Morgan fingerprint density at radius 3 is 2.70 bits per heavy atom. The number of fused-ring (bicyclic) bond motifs is 1. The van der Waals surface area contributed by atoms with Gasteiger partial charge >= 0.3 is 6.03 Å². The molecular formula is C15H18N6OS. The number of urea groups is 1. The number of hydrogen-bond acceptors (Lipinski definition) is 5. The first kappa shape index (κ1) is 15.3. The monoisotopic (exact) mass is 330 g/mol. The summed E-state index contributed by atoms with van der Waals surface area (Å²) in [6, 6.07) is 7.31. The minimum absolute atomic E-state index is 0.427. The lowest BCUT2D eigenvalue weighted by molar-refractivity contribution is 0.248. The number of carbonyl (C=O) groups excluding carboxylic acids is 1. The van der Waals surface area contributed by atoms with Crippen molar-refractivity contribution in [3.05, 3.63) is 46.2 Å². The molecule has 0 fully saturated rings. The summed E-state index contributed by atoms with van der Waals surface area (Å²) < 4.78 is 1.90. The molecule has 0 unspecified atom stereocenters. The Morgan fingerprint density at radius 1 is 1.26 bits per heavy atom. The molecule has 0 saturated heterocycles. The van der Waals surface area contributed by atoms with Crippen LogP contribution in [0.3, 0.4) is 0 Å². The van der Waals surface area contributed by atoms with Crippen molar-refractivity contribution in [2.75, 3.05) is 5.32 Å². The Bertz CT molecular complexity index is 836. The van der Waals surface area contributed by atoms with Crippen LogP contribution in [0.1, 0.15) is 22.0 Å². The first-order valence-corrected chi connectivity index (χ1v) is 8.02. The van der Waals surface area contributed by atoms with Crippen LogP contribution in [0.15, 0.2) is 24.3 Å². The van der Waals surface area contributed by atoms with Crippen LogP contribution in [0, 0.1) is 13.8 Å². The third kappa shape index (κ3) is 3.42. The molecule has 8 heteroatoms. The van der Waals surface area contributed by atoms with Gasteiger partial charge in [0.25, 0.3) is 0 Å². The number of anilines is 1. The number of primary amides is 1. The van der Waals surface area contributed by atoms with Gasteiger partial charge in [-0.1, -0.05) is 23.5 Å². The fraction of sp³-hybridized carbons (Fsp3) is 0.267. The molecule has 0 radical (unpaired) electrons. The highest BCUT2D eigenvalue weighted by atomic mass is 32.1. The van der Waals surface area contributed by atoms with Crippen molar-refractivity contribution in [2.24, 2.45) is 5.73 Å². The molecule has 0 bridgehead atoms. The van der Waals surface area contributed by atoms with Gasteiger partial charge in [0.05, 0.1) is 17.9 Å². The van der Waals surface area contributed by atoms with Gasteiger partial charge in [0.1, 0.15) is 5.01 Å². The van der Waals surface area contributed by atoms with Gasteiger partial charge in [0.2, 0.25) is 4.96 Å². The van der Waals surface area contributed by atoms with Crippen molar-refractivity contribution >= 4 is 28.0 Å². The van der Waals surface area contributed by atoms with E-state index in [1.807, 2.05) is 42.6 Å². The number of nitrogens with one attached hydrogen (secondary N) is 2. The van der Waals surface area contributed by atoms with E-state index in [1.54, 1.807) is 11.3 Å². The molecule has 2 amide bonds. The van der Waals surface area contributed by atoms with Crippen molar-refractivity contribution in [1.82, 2.24) is 19.9 Å². The predicted molar refractivity (Wildman–Crippen MR) is 90.5 cm³/mol. The van der Waals surface area contributed by atoms with Crippen LogP contribution in [-0.4, -0.2) is 20.6 Å². The number of imidazole rings is 1. The minimum Gasteiger partial charge on any atom is -0.379 e. The number of amides is 2. The molecule has 0 aliphatic carbocycles. The van der Waals surface area contributed by atoms with Gasteiger partial charge in [-0.15, -0.1) is 0 Å². The number of carbonyl (C=O) groups is 1. The molecule has 3 aromatic rings. The van der Waals surface area contributed by atoms with Crippen LogP contribution < -0.4 is 16.4 Å². The number of aromatic nitrogens is 3. The van der Waals surface area contributed by atoms with E-state index in [0.717, 1.165) is 32.6 Å². The van der Waals surface area contributed by atoms with Gasteiger partial charge in [0.15, 0.2) is 0 Å². The lowest BCUT2D eigenvalue weighted by Crippen LogP contribution is -2.28. The van der Waals surface area contributed by atoms with E-state index < -0.39 is 6.03 Å². The molecule has 0 aliphatic heterocycles. The zero-order valence-corrected chi connectivity index (χ0v) is 13.8. The predicted octanol–water partition coefficient (Wildman–Crippen LogP) is 2.19. The molecule has 0 spiro atoms. The Balaban J connectivity index is 1.67. The minimum atomic E-state index is -0.522. The van der Waals surface area contributed by atoms with Gasteiger partial charge in [-0.05, 0) is 31.5 Å². The largest absolute Gasteiger partial charge is 0.379 e. The average molecular weight is 330 g/mol. The van der Waals surface area contributed by atoms with Crippen molar-refractivity contribution in [2.45, 2.75) is 26.9 Å². The van der Waals surface area contributed by atoms with E-state index in [2.05, 4.69) is 20.7 Å². The van der Waals surface area contributed by atoms with E-state index in [9.17, 15) is 4.79 Å². The molecule has 0 atom stereocenters. The van der Waals surface area contributed by atoms with E-state index in [0.29, 0.717) is 13.1 Å². The molecule has 23 heavy (non-hydrogen) atoms. The van der Waals surface area contributed by atoms with Crippen LogP contribution in [0.25, 0.3) is 4.96 Å². The number of nitrogens with zero attached hydrogens (tertiary/aromatic N) is 3. The van der Waals surface area contributed by atoms with Crippen LogP contribution in [0.2, 0.25) is 0 Å². The topological polar surface area (TPSA) is 97.3 Å². The maximum absolute atomic E-state index is 10.7. The summed E-state index contributed by atoms with van der Waals surface area (Å²) >= 11 is 1.59. The fourth-order valence-corrected chi connectivity index (χ4v) is 3.11. The van der Waals surface area contributed by atoms with E-state index >= 15 is 0 Å². The van der Waals surface area contributed by atoms with Crippen LogP contribution >= 0.6 is 11.3 Å². The normalized spacial score (nSPS) is 10.9. The number of hydrogen-bond donors (Lipinski definition) is 3. The van der Waals surface area contributed by atoms with Gasteiger partial charge in [-0.2, -0.15) is 5.10 Å². The first-order valence-electron chi connectivity index (χ1n) is 7.20. The summed E-state index contributed by atoms with van der Waals surface area (Å²) in [6.45, 7) is 5.04. The van der Waals surface area contributed by atoms with E-state index in [1.165, 1.54) is 0 Å². The fourth-order valence-electron chi connectivity index (χ4n) is 2.30. The summed E-state index contributed by atoms with van der Waals surface area (Å²) in [7, 11) is 0. The Labute approximate surface area is 137 Å². The summed E-state index contributed by atoms with van der Waals surface area (Å²) in [6.07, 6.45) is 0. The molecule has 4 N–H and O–H groups in total. The second-order valence-corrected chi connectivity index (χ2v) is 6.39. The quantitative estimate of drug-likeness (QED) is 0.668. The lowest BCUT2D eigenvalue weighted by atomic mass is 10.2. The SMILES string of the molecule is Cc1nn2c(CNc3ccc(CNC(N)=O)cc3)c(C)nc2s1. The second-order valence-electron chi connectivity index (χ2n) is 5.23. The number of aryl methyl sites for hydroxylation is 2. The Morgan fingerprint density at radius 2 is 2.00 bits per heavy atom. The first-order chi connectivity index (χ1) is 11.0. The van der Waals surface area contributed by atoms with Crippen molar-refractivity contribution in [3.8, 4) is 0 Å². The maximum atomic E-state index is 10.7. The Kier molecular flexibility index (Phi) is 4.16. The second kappa shape index (κ2) is 6.25. The maximum Gasteiger partial charge on any atom is 0.312 e. The molecule has 0 aliphatic rings.